The van der Waals surface area contributed by atoms with Crippen molar-refractivity contribution in [2.45, 2.75) is 38.0 Å². The number of aliphatic hydroxyl groups is 1. The minimum absolute atomic E-state index is 0.172. The molecule has 0 radical (unpaired) electrons. The van der Waals surface area contributed by atoms with E-state index in [4.69, 9.17) is 20.3 Å². The lowest BCUT2D eigenvalue weighted by atomic mass is 9.94. The molecule has 6 atom stereocenters. The summed E-state index contributed by atoms with van der Waals surface area (Å²) in [4.78, 5) is 51.6. The van der Waals surface area contributed by atoms with Crippen LogP contribution < -0.4 is 11.4 Å². The van der Waals surface area contributed by atoms with Crippen LogP contribution >= 0.6 is 23.5 Å². The number of alkyl halides is 1. The number of aromatic nitrogens is 2. The fraction of sp³-hybridized carbons (Fsp3) is 0.571. The monoisotopic (exact) mass is 553 g/mol. The molecule has 0 aromatic carbocycles. The maximum Gasteiger partial charge on any atom is 0.490 e. The molecule has 1 aromatic heterocycles. The van der Waals surface area contributed by atoms with Crippen LogP contribution in [0.5, 0.6) is 0 Å². The van der Waals surface area contributed by atoms with E-state index in [0.29, 0.717) is 4.57 Å². The molecular weight excluding hydrogens is 530 g/mol. The number of phosphoric ester groups is 1. The number of halogens is 1. The number of nitrogens with two attached hydrogens (primary N) is 1. The Morgan fingerprint density at radius 2 is 1.88 bits per heavy atom. The topological polar surface area (TPSA) is 250 Å². The molecule has 0 saturated carbocycles. The largest absolute Gasteiger partial charge is 0.490 e. The minimum Gasteiger partial charge on any atom is -0.386 e. The van der Waals surface area contributed by atoms with Gasteiger partial charge in [-0.25, -0.2) is 22.9 Å². The molecule has 16 nitrogen and oxygen atoms in total. The van der Waals surface area contributed by atoms with Gasteiger partial charge >= 0.3 is 29.2 Å². The number of anilines is 1. The van der Waals surface area contributed by atoms with Crippen LogP contribution in [0, 0.1) is 5.92 Å². The van der Waals surface area contributed by atoms with E-state index in [-0.39, 0.29) is 11.7 Å². The molecule has 1 aromatic rings. The highest BCUT2D eigenvalue weighted by Crippen LogP contribution is 2.66. The maximum absolute atomic E-state index is 15.0. The second-order valence-corrected chi connectivity index (χ2v) is 11.8. The van der Waals surface area contributed by atoms with Gasteiger partial charge in [0.2, 0.25) is 0 Å². The van der Waals surface area contributed by atoms with Crippen molar-refractivity contribution >= 4 is 29.3 Å². The Hall–Kier alpha value is -1.32. The Morgan fingerprint density at radius 1 is 1.26 bits per heavy atom. The summed E-state index contributed by atoms with van der Waals surface area (Å²) in [6.07, 6.45) is -2.66. The number of ether oxygens (including phenoxy) is 1. The van der Waals surface area contributed by atoms with Crippen molar-refractivity contribution in [2.24, 2.45) is 5.92 Å². The van der Waals surface area contributed by atoms with E-state index in [1.807, 2.05) is 0 Å². The average molecular weight is 553 g/mol. The zero-order chi connectivity index (χ0) is 26.1. The third kappa shape index (κ3) is 7.59. The van der Waals surface area contributed by atoms with E-state index in [1.165, 1.54) is 6.08 Å². The van der Waals surface area contributed by atoms with E-state index in [0.717, 1.165) is 18.3 Å². The van der Waals surface area contributed by atoms with Crippen molar-refractivity contribution < 1.29 is 60.6 Å². The van der Waals surface area contributed by atoms with Crippen molar-refractivity contribution in [3.8, 4) is 0 Å². The fourth-order valence-electron chi connectivity index (χ4n) is 2.76. The summed E-state index contributed by atoms with van der Waals surface area (Å²) >= 11 is 0. The molecule has 7 N–H and O–H groups in total. The maximum atomic E-state index is 15.0. The van der Waals surface area contributed by atoms with E-state index < -0.39 is 59.9 Å². The van der Waals surface area contributed by atoms with Crippen molar-refractivity contribution in [3.05, 3.63) is 34.9 Å². The molecule has 1 saturated heterocycles. The number of hydrogen-bond donors (Lipinski definition) is 6. The lowest BCUT2D eigenvalue weighted by molar-refractivity contribution is -0.0968. The normalized spacial score (nSPS) is 29.4. The molecule has 194 valence electrons. The van der Waals surface area contributed by atoms with E-state index >= 15 is 4.39 Å². The van der Waals surface area contributed by atoms with Crippen molar-refractivity contribution in [2.75, 3.05) is 12.3 Å². The number of phosphoric acid groups is 3. The Balaban J connectivity index is 2.34. The lowest BCUT2D eigenvalue weighted by Gasteiger charge is -2.29. The van der Waals surface area contributed by atoms with Gasteiger partial charge in [0.05, 0.1) is 6.61 Å². The zero-order valence-corrected chi connectivity index (χ0v) is 20.2. The Labute approximate surface area is 191 Å². The van der Waals surface area contributed by atoms with Crippen molar-refractivity contribution in [3.63, 3.8) is 0 Å². The Kier molecular flexibility index (Phi) is 8.80. The summed E-state index contributed by atoms with van der Waals surface area (Å²) in [5.74, 6) is -0.383. The van der Waals surface area contributed by atoms with Crippen LogP contribution in [0.3, 0.4) is 0 Å². The molecule has 1 aliphatic heterocycles. The first-order valence-corrected chi connectivity index (χ1v) is 13.7. The van der Waals surface area contributed by atoms with Crippen LogP contribution in [0.15, 0.2) is 29.2 Å². The smallest absolute Gasteiger partial charge is 0.386 e. The number of nitrogens with zero attached hydrogens (tertiary/aromatic N) is 2. The lowest BCUT2D eigenvalue weighted by Crippen LogP contribution is -2.44. The summed E-state index contributed by atoms with van der Waals surface area (Å²) < 4.78 is 67.3. The third-order valence-electron chi connectivity index (χ3n) is 4.17. The molecule has 1 aliphatic rings. The molecule has 0 spiro atoms. The first-order valence-electron chi connectivity index (χ1n) is 9.19. The van der Waals surface area contributed by atoms with Gasteiger partial charge in [-0.15, -0.1) is 0 Å². The van der Waals surface area contributed by atoms with Gasteiger partial charge in [-0.3, -0.25) is 9.09 Å². The fourth-order valence-corrected chi connectivity index (χ4v) is 5.82. The first kappa shape index (κ1) is 28.9. The second-order valence-electron chi connectivity index (χ2n) is 7.36. The van der Waals surface area contributed by atoms with Crippen LogP contribution in [0.25, 0.3) is 0 Å². The van der Waals surface area contributed by atoms with Gasteiger partial charge in [-0.2, -0.15) is 13.6 Å². The SMILES string of the molecule is CC(C)C=C[C@]1(COP(=O)(O)OP(=O)(O)OP(=O)(O)O)O[C@@H](n2ccc(N)nc2=O)[C@@H](F)[C@H]1O. The van der Waals surface area contributed by atoms with Crippen LogP contribution in [-0.4, -0.2) is 58.7 Å². The summed E-state index contributed by atoms with van der Waals surface area (Å²) in [5.41, 5.74) is 2.13. The van der Waals surface area contributed by atoms with Gasteiger partial charge in [-0.1, -0.05) is 26.0 Å². The van der Waals surface area contributed by atoms with Crippen LogP contribution in [0.1, 0.15) is 20.1 Å². The highest BCUT2D eigenvalue weighted by atomic mass is 31.3. The van der Waals surface area contributed by atoms with Gasteiger partial charge in [0.25, 0.3) is 0 Å². The minimum atomic E-state index is -5.81. The van der Waals surface area contributed by atoms with Crippen LogP contribution in [0.2, 0.25) is 0 Å². The summed E-state index contributed by atoms with van der Waals surface area (Å²) in [6.45, 7) is 2.19. The van der Waals surface area contributed by atoms with Crippen molar-refractivity contribution in [1.82, 2.24) is 9.55 Å². The summed E-state index contributed by atoms with van der Waals surface area (Å²) in [7, 11) is -17.0. The Bertz CT molecular complexity index is 1120. The standard InChI is InChI=1S/C14H23FN3O13P3/c1-8(2)3-5-14(7-28-33(24,25)31-34(26,27)30-32(21,22)23)11(19)10(15)12(29-14)18-6-4-9(16)17-13(18)20/h3-6,8,10-12,19H,7H2,1-2H3,(H,24,25)(H,26,27)(H2,16,17,20)(H2,21,22,23)/t10-,11+,12+,14+/m0/s1. The molecule has 20 heteroatoms. The molecule has 2 unspecified atom stereocenters. The second kappa shape index (κ2) is 10.3. The number of allylic oxidation sites excluding steroid dienone is 1. The van der Waals surface area contributed by atoms with Gasteiger partial charge < -0.3 is 35.2 Å². The molecule has 1 fully saturated rings. The van der Waals surface area contributed by atoms with E-state index in [2.05, 4.69) is 18.1 Å². The van der Waals surface area contributed by atoms with Gasteiger partial charge in [0, 0.05) is 6.20 Å². The predicted molar refractivity (Wildman–Crippen MR) is 110 cm³/mol. The zero-order valence-electron chi connectivity index (χ0n) is 17.5. The number of rotatable bonds is 10. The van der Waals surface area contributed by atoms with Crippen LogP contribution in [0.4, 0.5) is 10.2 Å². The highest BCUT2D eigenvalue weighted by molar-refractivity contribution is 7.66. The van der Waals surface area contributed by atoms with Gasteiger partial charge in [0.1, 0.15) is 17.5 Å². The summed E-state index contributed by atoms with van der Waals surface area (Å²) in [6, 6.07) is 1.15. The molecule has 2 heterocycles. The van der Waals surface area contributed by atoms with Gasteiger partial charge in [-0.05, 0) is 12.0 Å². The molecule has 0 aliphatic carbocycles. The third-order valence-corrected chi connectivity index (χ3v) is 7.96. The first-order chi connectivity index (χ1) is 15.4. The molecule has 0 bridgehead atoms. The number of hydrogen-bond acceptors (Lipinski definition) is 11. The predicted octanol–water partition coefficient (Wildman–Crippen LogP) is 0.348. The molecule has 34 heavy (non-hydrogen) atoms. The number of nitrogen functional groups attached to an aromatic ring is 1. The van der Waals surface area contributed by atoms with E-state index in [1.54, 1.807) is 13.8 Å². The van der Waals surface area contributed by atoms with E-state index in [9.17, 15) is 33.4 Å². The summed E-state index contributed by atoms with van der Waals surface area (Å²) in [5, 5.41) is 10.5. The Morgan fingerprint density at radius 3 is 2.41 bits per heavy atom. The van der Waals surface area contributed by atoms with Crippen LogP contribution in [-0.2, 0) is 31.6 Å². The molecule has 0 amide bonds. The number of aliphatic hydroxyl groups excluding tert-OH is 1. The van der Waals surface area contributed by atoms with Gasteiger partial charge in [0.15, 0.2) is 12.4 Å². The molecule has 2 rings (SSSR count). The highest BCUT2D eigenvalue weighted by Gasteiger charge is 2.56. The quantitative estimate of drug-likeness (QED) is 0.169. The van der Waals surface area contributed by atoms with Crippen molar-refractivity contribution in [1.29, 1.82) is 0 Å². The average Bonchev–Trinajstić information content (AvgIpc) is 2.88. The molecular formula is C14H23FN3O13P3.